The number of hydrogen-bond donors (Lipinski definition) is 0. The van der Waals surface area contributed by atoms with E-state index in [9.17, 15) is 4.79 Å². The zero-order chi connectivity index (χ0) is 13.7. The van der Waals surface area contributed by atoms with E-state index in [4.69, 9.17) is 0 Å². The van der Waals surface area contributed by atoms with Gasteiger partial charge >= 0.3 is 0 Å². The van der Waals surface area contributed by atoms with Crippen LogP contribution in [-0.2, 0) is 6.54 Å². The molecule has 0 aliphatic heterocycles. The number of unbranched alkanes of at least 4 members (excludes halogenated alkanes) is 1. The maximum atomic E-state index is 12.2. The summed E-state index contributed by atoms with van der Waals surface area (Å²) in [5.41, 5.74) is 0.651. The lowest BCUT2D eigenvalue weighted by atomic mass is 10.2. The number of carbonyl (C=O) groups excluding carboxylic acids is 1. The summed E-state index contributed by atoms with van der Waals surface area (Å²) in [6, 6.07) is 7.39. The minimum absolute atomic E-state index is 0.0294. The Kier molecular flexibility index (Phi) is 5.15. The molecule has 0 saturated heterocycles. The molecule has 0 N–H and O–H groups in total. The molecule has 0 radical (unpaired) electrons. The molecule has 1 aromatic heterocycles. The molecule has 0 bridgehead atoms. The monoisotopic (exact) mass is 339 g/mol. The Morgan fingerprint density at radius 3 is 2.95 bits per heavy atom. The highest BCUT2D eigenvalue weighted by Gasteiger charge is 2.15. The predicted octanol–water partition coefficient (Wildman–Crippen LogP) is 3.77. The molecular formula is C13H14BrN3OS. The van der Waals surface area contributed by atoms with E-state index in [1.807, 2.05) is 22.8 Å². The largest absolute Gasteiger partial charge is 0.308 e. The Hall–Kier alpha value is -1.14. The van der Waals surface area contributed by atoms with Crippen molar-refractivity contribution >= 4 is 32.8 Å². The summed E-state index contributed by atoms with van der Waals surface area (Å²) in [4.78, 5) is 12.2. The molecule has 0 spiro atoms. The van der Waals surface area contributed by atoms with Crippen LogP contribution >= 0.6 is 27.7 Å². The number of halogens is 1. The van der Waals surface area contributed by atoms with Crippen molar-refractivity contribution in [1.29, 1.82) is 0 Å². The van der Waals surface area contributed by atoms with Crippen molar-refractivity contribution in [2.45, 2.75) is 31.5 Å². The quantitative estimate of drug-likeness (QED) is 0.778. The van der Waals surface area contributed by atoms with Gasteiger partial charge in [0, 0.05) is 16.6 Å². The summed E-state index contributed by atoms with van der Waals surface area (Å²) >= 11 is 4.50. The lowest BCUT2D eigenvalue weighted by molar-refractivity contribution is 0.108. The number of aryl methyl sites for hydroxylation is 1. The molecule has 0 saturated carbocycles. The third-order valence-corrected chi connectivity index (χ3v) is 4.21. The van der Waals surface area contributed by atoms with Gasteiger partial charge in [0.05, 0.1) is 0 Å². The minimum atomic E-state index is -0.0294. The Morgan fingerprint density at radius 1 is 1.42 bits per heavy atom. The standard InChI is InChI=1S/C13H14BrN3OS/c1-2-3-8-17-9-15-16-13(17)19-12(18)10-6-4-5-7-11(10)14/h4-7,9H,2-3,8H2,1H3. The number of aromatic nitrogens is 3. The second kappa shape index (κ2) is 6.86. The Labute approximate surface area is 124 Å². The van der Waals surface area contributed by atoms with Crippen molar-refractivity contribution in [3.63, 3.8) is 0 Å². The van der Waals surface area contributed by atoms with E-state index in [0.29, 0.717) is 10.7 Å². The molecule has 2 rings (SSSR count). The van der Waals surface area contributed by atoms with Crippen LogP contribution in [0.3, 0.4) is 0 Å². The van der Waals surface area contributed by atoms with Gasteiger partial charge in [-0.05, 0) is 30.3 Å². The fraction of sp³-hybridized carbons (Fsp3) is 0.308. The minimum Gasteiger partial charge on any atom is -0.308 e. The molecule has 1 aromatic carbocycles. The van der Waals surface area contributed by atoms with E-state index in [2.05, 4.69) is 33.1 Å². The first-order valence-electron chi connectivity index (χ1n) is 6.07. The van der Waals surface area contributed by atoms with E-state index in [1.165, 1.54) is 0 Å². The van der Waals surface area contributed by atoms with E-state index >= 15 is 0 Å². The van der Waals surface area contributed by atoms with Gasteiger partial charge in [-0.25, -0.2) is 0 Å². The predicted molar refractivity (Wildman–Crippen MR) is 79.3 cm³/mol. The highest BCUT2D eigenvalue weighted by atomic mass is 79.9. The third kappa shape index (κ3) is 3.67. The van der Waals surface area contributed by atoms with Crippen LogP contribution in [0.4, 0.5) is 0 Å². The lowest BCUT2D eigenvalue weighted by Gasteiger charge is -2.05. The van der Waals surface area contributed by atoms with E-state index in [-0.39, 0.29) is 5.12 Å². The molecule has 6 heteroatoms. The number of benzene rings is 1. The number of carbonyl (C=O) groups is 1. The van der Waals surface area contributed by atoms with Crippen LogP contribution in [0.1, 0.15) is 30.1 Å². The van der Waals surface area contributed by atoms with Gasteiger partial charge in [0.15, 0.2) is 5.16 Å². The first-order valence-corrected chi connectivity index (χ1v) is 7.68. The van der Waals surface area contributed by atoms with Crippen molar-refractivity contribution in [3.05, 3.63) is 40.6 Å². The molecule has 100 valence electrons. The topological polar surface area (TPSA) is 47.8 Å². The maximum Gasteiger partial charge on any atom is 0.228 e. The zero-order valence-electron chi connectivity index (χ0n) is 10.5. The summed E-state index contributed by atoms with van der Waals surface area (Å²) in [5.74, 6) is 0. The average Bonchev–Trinajstić information content (AvgIpc) is 2.84. The summed E-state index contributed by atoms with van der Waals surface area (Å²) in [7, 11) is 0. The molecule has 4 nitrogen and oxygen atoms in total. The van der Waals surface area contributed by atoms with E-state index in [0.717, 1.165) is 35.6 Å². The smallest absolute Gasteiger partial charge is 0.228 e. The molecule has 0 unspecified atom stereocenters. The molecule has 19 heavy (non-hydrogen) atoms. The summed E-state index contributed by atoms with van der Waals surface area (Å²) in [5, 5.41) is 8.49. The van der Waals surface area contributed by atoms with Crippen LogP contribution in [-0.4, -0.2) is 19.9 Å². The van der Waals surface area contributed by atoms with Gasteiger partial charge in [-0.1, -0.05) is 41.4 Å². The first kappa shape index (κ1) is 14.3. The highest BCUT2D eigenvalue weighted by Crippen LogP contribution is 2.25. The van der Waals surface area contributed by atoms with Crippen molar-refractivity contribution in [2.75, 3.05) is 0 Å². The van der Waals surface area contributed by atoms with Gasteiger partial charge < -0.3 is 4.57 Å². The second-order valence-corrected chi connectivity index (χ2v) is 5.82. The van der Waals surface area contributed by atoms with Crippen LogP contribution in [0, 0.1) is 0 Å². The van der Waals surface area contributed by atoms with Crippen molar-refractivity contribution in [1.82, 2.24) is 14.8 Å². The number of nitrogens with zero attached hydrogens (tertiary/aromatic N) is 3. The maximum absolute atomic E-state index is 12.2. The molecule has 0 fully saturated rings. The Balaban J connectivity index is 2.11. The Morgan fingerprint density at radius 2 is 2.21 bits per heavy atom. The molecule has 1 heterocycles. The van der Waals surface area contributed by atoms with Crippen LogP contribution in [0.15, 0.2) is 40.2 Å². The third-order valence-electron chi connectivity index (χ3n) is 2.61. The first-order chi connectivity index (χ1) is 9.22. The summed E-state index contributed by atoms with van der Waals surface area (Å²) in [6.07, 6.45) is 3.82. The van der Waals surface area contributed by atoms with Gasteiger partial charge in [-0.15, -0.1) is 10.2 Å². The Bertz CT molecular complexity index is 571. The number of rotatable bonds is 5. The van der Waals surface area contributed by atoms with E-state index in [1.54, 1.807) is 12.4 Å². The average molecular weight is 340 g/mol. The van der Waals surface area contributed by atoms with Crippen molar-refractivity contribution in [2.24, 2.45) is 0 Å². The summed E-state index contributed by atoms with van der Waals surface area (Å²) < 4.78 is 2.72. The molecule has 0 amide bonds. The van der Waals surface area contributed by atoms with Crippen LogP contribution in [0.25, 0.3) is 0 Å². The van der Waals surface area contributed by atoms with Gasteiger partial charge in [0.1, 0.15) is 6.33 Å². The zero-order valence-corrected chi connectivity index (χ0v) is 12.9. The van der Waals surface area contributed by atoms with Crippen molar-refractivity contribution in [3.8, 4) is 0 Å². The fourth-order valence-electron chi connectivity index (χ4n) is 1.57. The normalized spacial score (nSPS) is 10.6. The van der Waals surface area contributed by atoms with Crippen molar-refractivity contribution < 1.29 is 4.79 Å². The molecule has 0 atom stereocenters. The summed E-state index contributed by atoms with van der Waals surface area (Å²) in [6.45, 7) is 2.97. The lowest BCUT2D eigenvalue weighted by Crippen LogP contribution is -2.02. The number of thioether (sulfide) groups is 1. The molecule has 0 aliphatic carbocycles. The van der Waals surface area contributed by atoms with Gasteiger partial charge in [-0.3, -0.25) is 4.79 Å². The molecule has 2 aromatic rings. The SMILES string of the molecule is CCCCn1cnnc1SC(=O)c1ccccc1Br. The second-order valence-electron chi connectivity index (χ2n) is 4.03. The fourth-order valence-corrected chi connectivity index (χ4v) is 2.96. The van der Waals surface area contributed by atoms with Gasteiger partial charge in [0.25, 0.3) is 0 Å². The van der Waals surface area contributed by atoms with Crippen LogP contribution in [0.5, 0.6) is 0 Å². The van der Waals surface area contributed by atoms with Gasteiger partial charge in [-0.2, -0.15) is 0 Å². The molecular weight excluding hydrogens is 326 g/mol. The number of hydrogen-bond acceptors (Lipinski definition) is 4. The van der Waals surface area contributed by atoms with Crippen LogP contribution in [0.2, 0.25) is 0 Å². The van der Waals surface area contributed by atoms with Crippen LogP contribution < -0.4 is 0 Å². The van der Waals surface area contributed by atoms with E-state index < -0.39 is 0 Å². The molecule has 0 aliphatic rings. The van der Waals surface area contributed by atoms with Gasteiger partial charge in [0.2, 0.25) is 5.12 Å². The highest BCUT2D eigenvalue weighted by molar-refractivity contribution is 9.10.